The van der Waals surface area contributed by atoms with Gasteiger partial charge in [0.05, 0.1) is 18.2 Å². The highest BCUT2D eigenvalue weighted by atomic mass is 16.2. The second-order valence-corrected chi connectivity index (χ2v) is 9.12. The lowest BCUT2D eigenvalue weighted by Gasteiger charge is -2.35. The van der Waals surface area contributed by atoms with Gasteiger partial charge < -0.3 is 9.80 Å². The highest BCUT2D eigenvalue weighted by molar-refractivity contribution is 5.95. The van der Waals surface area contributed by atoms with Crippen molar-refractivity contribution in [2.45, 2.75) is 33.2 Å². The number of benzene rings is 2. The maximum Gasteiger partial charge on any atom is 0.232 e. The number of hydrogen-bond donors (Lipinski definition) is 0. The fourth-order valence-corrected chi connectivity index (χ4v) is 4.74. The minimum atomic E-state index is -0.106. The van der Waals surface area contributed by atoms with Crippen LogP contribution in [0.15, 0.2) is 78.9 Å². The van der Waals surface area contributed by atoms with E-state index in [1.54, 1.807) is 4.68 Å². The Kier molecular flexibility index (Phi) is 6.57. The average Bonchev–Trinajstić information content (AvgIpc) is 3.25. The van der Waals surface area contributed by atoms with E-state index in [4.69, 9.17) is 0 Å². The molecule has 1 fully saturated rings. The minimum absolute atomic E-state index is 0.106. The maximum atomic E-state index is 13.8. The minimum Gasteiger partial charge on any atom is -0.354 e. The van der Waals surface area contributed by atoms with Gasteiger partial charge in [0.2, 0.25) is 5.91 Å². The number of para-hydroxylation sites is 1. The topological polar surface area (TPSA) is 67.2 Å². The first kappa shape index (κ1) is 22.8. The second kappa shape index (κ2) is 10.1. The molecule has 1 saturated heterocycles. The normalized spacial score (nSPS) is 15.7. The van der Waals surface area contributed by atoms with Crippen molar-refractivity contribution in [2.24, 2.45) is 5.92 Å². The molecule has 1 aliphatic heterocycles. The van der Waals surface area contributed by atoms with Crippen molar-refractivity contribution in [3.05, 3.63) is 95.8 Å². The van der Waals surface area contributed by atoms with Crippen LogP contribution in [0.2, 0.25) is 0 Å². The molecule has 7 nitrogen and oxygen atoms in total. The van der Waals surface area contributed by atoms with Crippen LogP contribution in [0.25, 0.3) is 5.82 Å². The molecule has 2 aromatic heterocycles. The van der Waals surface area contributed by atoms with Crippen molar-refractivity contribution in [3.8, 4) is 5.82 Å². The average molecular weight is 467 g/mol. The van der Waals surface area contributed by atoms with Crippen molar-refractivity contribution in [2.75, 3.05) is 22.9 Å². The predicted molar refractivity (Wildman–Crippen MR) is 138 cm³/mol. The van der Waals surface area contributed by atoms with Gasteiger partial charge in [0.15, 0.2) is 11.6 Å². The SMILES string of the molecule is Cc1cc(C)n(-c2ccc(N3CCCC(C(=O)N(Cc4ccccc4)c4ccccc4)C3)nn2)n1. The number of aryl methyl sites for hydroxylation is 2. The summed E-state index contributed by atoms with van der Waals surface area (Å²) in [7, 11) is 0. The standard InChI is InChI=1S/C28H30N6O/c1-21-18-22(2)34(31-21)27-16-15-26(29-30-27)32-17-9-12-24(20-32)28(35)33(25-13-7-4-8-14-25)19-23-10-5-3-6-11-23/h3-8,10-11,13-16,18,24H,9,12,17,19-20H2,1-2H3. The maximum absolute atomic E-state index is 13.8. The number of rotatable bonds is 6. The zero-order valence-electron chi connectivity index (χ0n) is 20.2. The van der Waals surface area contributed by atoms with Gasteiger partial charge in [-0.25, -0.2) is 4.68 Å². The largest absolute Gasteiger partial charge is 0.354 e. The lowest BCUT2D eigenvalue weighted by atomic mass is 9.96. The lowest BCUT2D eigenvalue weighted by molar-refractivity contribution is -0.122. The highest BCUT2D eigenvalue weighted by Crippen LogP contribution is 2.27. The van der Waals surface area contributed by atoms with Gasteiger partial charge in [0.25, 0.3) is 0 Å². The molecule has 0 saturated carbocycles. The van der Waals surface area contributed by atoms with Crippen molar-refractivity contribution in [1.82, 2.24) is 20.0 Å². The summed E-state index contributed by atoms with van der Waals surface area (Å²) in [5.41, 5.74) is 4.01. The van der Waals surface area contributed by atoms with Gasteiger partial charge in [-0.1, -0.05) is 48.5 Å². The molecule has 0 bridgehead atoms. The zero-order chi connectivity index (χ0) is 24.2. The van der Waals surface area contributed by atoms with Gasteiger partial charge in [-0.05, 0) is 62.6 Å². The molecule has 4 aromatic rings. The molecule has 1 unspecified atom stereocenters. The van der Waals surface area contributed by atoms with Crippen molar-refractivity contribution < 1.29 is 4.79 Å². The van der Waals surface area contributed by atoms with Crippen LogP contribution >= 0.6 is 0 Å². The number of hydrogen-bond acceptors (Lipinski definition) is 5. The Bertz CT molecular complexity index is 1270. The summed E-state index contributed by atoms with van der Waals surface area (Å²) in [4.78, 5) is 17.9. The van der Waals surface area contributed by atoms with Crippen LogP contribution in [0.5, 0.6) is 0 Å². The van der Waals surface area contributed by atoms with E-state index in [2.05, 4.69) is 32.3 Å². The molecule has 5 rings (SSSR count). The Morgan fingerprint density at radius 2 is 1.63 bits per heavy atom. The van der Waals surface area contributed by atoms with Gasteiger partial charge >= 0.3 is 0 Å². The van der Waals surface area contributed by atoms with Crippen LogP contribution in [-0.2, 0) is 11.3 Å². The molecular formula is C28H30N6O. The van der Waals surface area contributed by atoms with Crippen LogP contribution in [-0.4, -0.2) is 39.0 Å². The molecule has 35 heavy (non-hydrogen) atoms. The fourth-order valence-electron chi connectivity index (χ4n) is 4.74. The molecule has 178 valence electrons. The monoisotopic (exact) mass is 466 g/mol. The van der Waals surface area contributed by atoms with E-state index in [9.17, 15) is 4.79 Å². The second-order valence-electron chi connectivity index (χ2n) is 9.12. The summed E-state index contributed by atoms with van der Waals surface area (Å²) in [6, 6.07) is 26.0. The third-order valence-electron chi connectivity index (χ3n) is 6.48. The first-order valence-electron chi connectivity index (χ1n) is 12.1. The van der Waals surface area contributed by atoms with E-state index in [-0.39, 0.29) is 11.8 Å². The van der Waals surface area contributed by atoms with E-state index in [1.807, 2.05) is 85.5 Å². The van der Waals surface area contributed by atoms with Gasteiger partial charge in [-0.3, -0.25) is 4.79 Å². The zero-order valence-corrected chi connectivity index (χ0v) is 20.2. The van der Waals surface area contributed by atoms with E-state index < -0.39 is 0 Å². The molecule has 2 aromatic carbocycles. The highest BCUT2D eigenvalue weighted by Gasteiger charge is 2.31. The third-order valence-corrected chi connectivity index (χ3v) is 6.48. The summed E-state index contributed by atoms with van der Waals surface area (Å²) in [6.07, 6.45) is 1.80. The first-order valence-corrected chi connectivity index (χ1v) is 12.1. The molecular weight excluding hydrogens is 436 g/mol. The molecule has 0 N–H and O–H groups in total. The van der Waals surface area contributed by atoms with Crippen molar-refractivity contribution in [3.63, 3.8) is 0 Å². The predicted octanol–water partition coefficient (Wildman–Crippen LogP) is 4.73. The Labute approximate surface area is 206 Å². The quantitative estimate of drug-likeness (QED) is 0.411. The number of aromatic nitrogens is 4. The summed E-state index contributed by atoms with van der Waals surface area (Å²) in [5.74, 6) is 1.53. The first-order chi connectivity index (χ1) is 17.1. The van der Waals surface area contributed by atoms with E-state index in [0.29, 0.717) is 18.9 Å². The van der Waals surface area contributed by atoms with Crippen LogP contribution in [0.1, 0.15) is 29.8 Å². The van der Waals surface area contributed by atoms with Crippen molar-refractivity contribution >= 4 is 17.4 Å². The molecule has 1 atom stereocenters. The number of anilines is 2. The summed E-state index contributed by atoms with van der Waals surface area (Å²) >= 11 is 0. The Morgan fingerprint density at radius 1 is 0.943 bits per heavy atom. The number of nitrogens with zero attached hydrogens (tertiary/aromatic N) is 6. The fraction of sp³-hybridized carbons (Fsp3) is 0.286. The smallest absolute Gasteiger partial charge is 0.232 e. The lowest BCUT2D eigenvalue weighted by Crippen LogP contribution is -2.45. The van der Waals surface area contributed by atoms with Crippen LogP contribution < -0.4 is 9.80 Å². The molecule has 0 spiro atoms. The van der Waals surface area contributed by atoms with Crippen molar-refractivity contribution in [1.29, 1.82) is 0 Å². The molecule has 7 heteroatoms. The molecule has 1 aliphatic rings. The van der Waals surface area contributed by atoms with Gasteiger partial charge in [0.1, 0.15) is 0 Å². The Balaban J connectivity index is 1.34. The van der Waals surface area contributed by atoms with Gasteiger partial charge in [-0.2, -0.15) is 5.10 Å². The van der Waals surface area contributed by atoms with Crippen LogP contribution in [0.3, 0.4) is 0 Å². The molecule has 3 heterocycles. The van der Waals surface area contributed by atoms with E-state index in [1.165, 1.54) is 0 Å². The summed E-state index contributed by atoms with van der Waals surface area (Å²) in [5, 5.41) is 13.4. The summed E-state index contributed by atoms with van der Waals surface area (Å²) in [6.45, 7) is 6.01. The molecule has 1 amide bonds. The number of piperidine rings is 1. The molecule has 0 radical (unpaired) electrons. The Hall–Kier alpha value is -4.00. The van der Waals surface area contributed by atoms with Crippen LogP contribution in [0, 0.1) is 19.8 Å². The van der Waals surface area contributed by atoms with Gasteiger partial charge in [-0.15, -0.1) is 10.2 Å². The van der Waals surface area contributed by atoms with E-state index >= 15 is 0 Å². The molecule has 0 aliphatic carbocycles. The van der Waals surface area contributed by atoms with Crippen LogP contribution in [0.4, 0.5) is 11.5 Å². The Morgan fingerprint density at radius 3 is 2.29 bits per heavy atom. The van der Waals surface area contributed by atoms with Gasteiger partial charge in [0, 0.05) is 24.5 Å². The number of carbonyl (C=O) groups excluding carboxylic acids is 1. The summed E-state index contributed by atoms with van der Waals surface area (Å²) < 4.78 is 1.80. The third kappa shape index (κ3) is 5.09. The van der Waals surface area contributed by atoms with E-state index in [0.717, 1.165) is 47.8 Å². The number of carbonyl (C=O) groups is 1. The number of amides is 1.